The van der Waals surface area contributed by atoms with Crippen LogP contribution in [0.25, 0.3) is 0 Å². The molecule has 2 aliphatic rings. The molecule has 2 amide bonds. The van der Waals surface area contributed by atoms with Gasteiger partial charge in [0.2, 0.25) is 11.8 Å². The monoisotopic (exact) mass is 309 g/mol. The number of hydrogen-bond donors (Lipinski definition) is 0. The molecular formula is C16H14F3NO2. The second kappa shape index (κ2) is 4.97. The van der Waals surface area contributed by atoms with Crippen LogP contribution >= 0.6 is 0 Å². The zero-order valence-corrected chi connectivity index (χ0v) is 11.8. The van der Waals surface area contributed by atoms with Gasteiger partial charge in [-0.2, -0.15) is 13.2 Å². The van der Waals surface area contributed by atoms with Gasteiger partial charge >= 0.3 is 6.18 Å². The van der Waals surface area contributed by atoms with Gasteiger partial charge in [-0.25, -0.2) is 0 Å². The molecule has 1 aliphatic carbocycles. The normalized spacial score (nSPS) is 28.2. The molecule has 0 saturated carbocycles. The molecule has 6 heteroatoms. The van der Waals surface area contributed by atoms with E-state index in [0.29, 0.717) is 6.42 Å². The minimum absolute atomic E-state index is 0.00794. The van der Waals surface area contributed by atoms with Crippen LogP contribution in [0.2, 0.25) is 0 Å². The van der Waals surface area contributed by atoms with Crippen LogP contribution in [0.15, 0.2) is 36.4 Å². The lowest BCUT2D eigenvalue weighted by molar-refractivity contribution is -0.137. The summed E-state index contributed by atoms with van der Waals surface area (Å²) in [4.78, 5) is 25.9. The summed E-state index contributed by atoms with van der Waals surface area (Å²) in [6.45, 7) is 1.84. The number of alkyl halides is 3. The SMILES string of the molecule is C[C@H]1C=CC[C@H]2C(=O)N(c3cccc(C(F)(F)F)c3)C(=O)[C@H]12. The zero-order valence-electron chi connectivity index (χ0n) is 11.8. The van der Waals surface area contributed by atoms with Crippen molar-refractivity contribution in [3.8, 4) is 0 Å². The van der Waals surface area contributed by atoms with Gasteiger partial charge in [-0.05, 0) is 30.5 Å². The number of halogens is 3. The second-order valence-corrected chi connectivity index (χ2v) is 5.72. The standard InChI is InChI=1S/C16H14F3NO2/c1-9-4-2-7-12-13(9)15(22)20(14(12)21)11-6-3-5-10(8-11)16(17,18)19/h2-6,8-9,12-13H,7H2,1H3/t9-,12+,13+/m0/s1. The Hall–Kier alpha value is -2.11. The highest BCUT2D eigenvalue weighted by atomic mass is 19.4. The molecule has 22 heavy (non-hydrogen) atoms. The number of allylic oxidation sites excluding steroid dienone is 2. The maximum Gasteiger partial charge on any atom is 0.416 e. The molecule has 1 heterocycles. The molecule has 0 N–H and O–H groups in total. The van der Waals surface area contributed by atoms with Crippen LogP contribution in [0.4, 0.5) is 18.9 Å². The Morgan fingerprint density at radius 3 is 2.55 bits per heavy atom. The van der Waals surface area contributed by atoms with Gasteiger partial charge in [0, 0.05) is 0 Å². The third-order valence-electron chi connectivity index (χ3n) is 4.30. The third-order valence-corrected chi connectivity index (χ3v) is 4.30. The highest BCUT2D eigenvalue weighted by Crippen LogP contribution is 2.41. The molecule has 1 aliphatic heterocycles. The Morgan fingerprint density at radius 1 is 1.18 bits per heavy atom. The Bertz CT molecular complexity index is 666. The van der Waals surface area contributed by atoms with Crippen LogP contribution in [0, 0.1) is 17.8 Å². The number of benzene rings is 1. The molecule has 1 aromatic rings. The molecule has 0 unspecified atom stereocenters. The summed E-state index contributed by atoms with van der Waals surface area (Å²) in [5, 5.41) is 0. The quantitative estimate of drug-likeness (QED) is 0.589. The van der Waals surface area contributed by atoms with E-state index in [0.717, 1.165) is 17.0 Å². The number of imide groups is 1. The summed E-state index contributed by atoms with van der Waals surface area (Å²) in [5.41, 5.74) is -0.877. The highest BCUT2D eigenvalue weighted by Gasteiger charge is 2.50. The summed E-state index contributed by atoms with van der Waals surface area (Å²) >= 11 is 0. The van der Waals surface area contributed by atoms with Crippen molar-refractivity contribution in [2.24, 2.45) is 17.8 Å². The molecular weight excluding hydrogens is 295 g/mol. The minimum Gasteiger partial charge on any atom is -0.274 e. The lowest BCUT2D eigenvalue weighted by atomic mass is 9.78. The van der Waals surface area contributed by atoms with E-state index in [1.54, 1.807) is 0 Å². The van der Waals surface area contributed by atoms with E-state index in [2.05, 4.69) is 0 Å². The van der Waals surface area contributed by atoms with Crippen LogP contribution in [-0.2, 0) is 15.8 Å². The van der Waals surface area contributed by atoms with Crippen molar-refractivity contribution in [1.29, 1.82) is 0 Å². The maximum atomic E-state index is 12.8. The van der Waals surface area contributed by atoms with Gasteiger partial charge in [0.1, 0.15) is 0 Å². The van der Waals surface area contributed by atoms with Gasteiger partial charge in [-0.1, -0.05) is 25.1 Å². The number of hydrogen-bond acceptors (Lipinski definition) is 2. The topological polar surface area (TPSA) is 37.4 Å². The molecule has 0 radical (unpaired) electrons. The first-order chi connectivity index (χ1) is 10.3. The van der Waals surface area contributed by atoms with Crippen molar-refractivity contribution in [3.63, 3.8) is 0 Å². The Morgan fingerprint density at radius 2 is 1.91 bits per heavy atom. The van der Waals surface area contributed by atoms with Gasteiger partial charge in [0.15, 0.2) is 0 Å². The fourth-order valence-electron chi connectivity index (χ4n) is 3.22. The molecule has 3 atom stereocenters. The molecule has 0 spiro atoms. The van der Waals surface area contributed by atoms with E-state index in [-0.39, 0.29) is 11.6 Å². The fraction of sp³-hybridized carbons (Fsp3) is 0.375. The molecule has 1 saturated heterocycles. The van der Waals surface area contributed by atoms with Crippen molar-refractivity contribution in [2.75, 3.05) is 4.90 Å². The summed E-state index contributed by atoms with van der Waals surface area (Å²) in [6.07, 6.45) is -0.326. The molecule has 3 rings (SSSR count). The minimum atomic E-state index is -4.51. The Kier molecular flexibility index (Phi) is 3.34. The molecule has 0 bridgehead atoms. The van der Waals surface area contributed by atoms with Crippen molar-refractivity contribution in [3.05, 3.63) is 42.0 Å². The van der Waals surface area contributed by atoms with Gasteiger partial charge in [-0.15, -0.1) is 0 Å². The number of fused-ring (bicyclic) bond motifs is 1. The first-order valence-electron chi connectivity index (χ1n) is 7.02. The van der Waals surface area contributed by atoms with Crippen molar-refractivity contribution in [1.82, 2.24) is 0 Å². The molecule has 1 fully saturated rings. The van der Waals surface area contributed by atoms with Gasteiger partial charge in [-0.3, -0.25) is 14.5 Å². The average Bonchev–Trinajstić information content (AvgIpc) is 2.71. The van der Waals surface area contributed by atoms with E-state index < -0.39 is 35.4 Å². The van der Waals surface area contributed by atoms with Crippen LogP contribution in [0.3, 0.4) is 0 Å². The summed E-state index contributed by atoms with van der Waals surface area (Å²) in [7, 11) is 0. The van der Waals surface area contributed by atoms with E-state index >= 15 is 0 Å². The number of amides is 2. The van der Waals surface area contributed by atoms with Crippen molar-refractivity contribution in [2.45, 2.75) is 19.5 Å². The van der Waals surface area contributed by atoms with Gasteiger partial charge < -0.3 is 0 Å². The van der Waals surface area contributed by atoms with Gasteiger partial charge in [0.25, 0.3) is 0 Å². The first-order valence-corrected chi connectivity index (χ1v) is 7.02. The van der Waals surface area contributed by atoms with Gasteiger partial charge in [0.05, 0.1) is 23.1 Å². The average molecular weight is 309 g/mol. The predicted molar refractivity (Wildman–Crippen MR) is 73.8 cm³/mol. The van der Waals surface area contributed by atoms with Crippen LogP contribution in [0.5, 0.6) is 0 Å². The first kappa shape index (κ1) is 14.8. The number of anilines is 1. The number of nitrogens with zero attached hydrogens (tertiary/aromatic N) is 1. The zero-order chi connectivity index (χ0) is 16.1. The summed E-state index contributed by atoms with van der Waals surface area (Å²) in [5.74, 6) is -1.86. The van der Waals surface area contributed by atoms with E-state index in [1.807, 2.05) is 19.1 Å². The largest absolute Gasteiger partial charge is 0.416 e. The van der Waals surface area contributed by atoms with E-state index in [1.165, 1.54) is 12.1 Å². The Labute approximate surface area is 125 Å². The lowest BCUT2D eigenvalue weighted by Gasteiger charge is -2.22. The van der Waals surface area contributed by atoms with Crippen LogP contribution in [0.1, 0.15) is 18.9 Å². The Balaban J connectivity index is 2.00. The van der Waals surface area contributed by atoms with Crippen molar-refractivity contribution < 1.29 is 22.8 Å². The molecule has 1 aromatic carbocycles. The number of carbonyl (C=O) groups excluding carboxylic acids is 2. The highest BCUT2D eigenvalue weighted by molar-refractivity contribution is 6.22. The smallest absolute Gasteiger partial charge is 0.274 e. The van der Waals surface area contributed by atoms with Crippen LogP contribution in [-0.4, -0.2) is 11.8 Å². The van der Waals surface area contributed by atoms with E-state index in [4.69, 9.17) is 0 Å². The molecule has 3 nitrogen and oxygen atoms in total. The second-order valence-electron chi connectivity index (χ2n) is 5.72. The molecule has 116 valence electrons. The van der Waals surface area contributed by atoms with Crippen LogP contribution < -0.4 is 4.90 Å². The molecule has 0 aromatic heterocycles. The van der Waals surface area contributed by atoms with E-state index in [9.17, 15) is 22.8 Å². The summed E-state index contributed by atoms with van der Waals surface area (Å²) in [6, 6.07) is 4.35. The fourth-order valence-corrected chi connectivity index (χ4v) is 3.22. The number of rotatable bonds is 1. The predicted octanol–water partition coefficient (Wildman–Crippen LogP) is 3.41. The lowest BCUT2D eigenvalue weighted by Crippen LogP contribution is -2.31. The maximum absolute atomic E-state index is 12.8. The number of carbonyl (C=O) groups is 2. The third kappa shape index (κ3) is 2.23. The van der Waals surface area contributed by atoms with Crippen molar-refractivity contribution >= 4 is 17.5 Å². The summed E-state index contributed by atoms with van der Waals surface area (Å²) < 4.78 is 38.4.